The number of nitrogens with zero attached hydrogens (tertiary/aromatic N) is 1. The van der Waals surface area contributed by atoms with E-state index in [1.165, 1.54) is 0 Å². The fraction of sp³-hybridized carbons (Fsp3) is 0.158. The molecular formula is C19H18N2O3S. The lowest BCUT2D eigenvalue weighted by Gasteiger charge is -2.11. The maximum absolute atomic E-state index is 12.3. The van der Waals surface area contributed by atoms with Crippen molar-refractivity contribution in [2.45, 2.75) is 6.54 Å². The molecule has 0 saturated heterocycles. The molecule has 0 radical (unpaired) electrons. The number of amides is 1. The van der Waals surface area contributed by atoms with Crippen molar-refractivity contribution >= 4 is 17.2 Å². The van der Waals surface area contributed by atoms with Crippen LogP contribution in [0, 0.1) is 0 Å². The lowest BCUT2D eigenvalue weighted by atomic mass is 10.1. The van der Waals surface area contributed by atoms with Crippen LogP contribution in [0.15, 0.2) is 53.4 Å². The number of hydrogen-bond donors (Lipinski definition) is 1. The maximum atomic E-state index is 12.3. The van der Waals surface area contributed by atoms with Gasteiger partial charge in [-0.3, -0.25) is 9.78 Å². The number of methoxy groups -OCH3 is 2. The average Bonchev–Trinajstić information content (AvgIpc) is 3.20. The zero-order valence-corrected chi connectivity index (χ0v) is 14.8. The van der Waals surface area contributed by atoms with E-state index in [4.69, 9.17) is 9.47 Å². The van der Waals surface area contributed by atoms with Crippen LogP contribution in [-0.4, -0.2) is 25.1 Å². The molecule has 2 heterocycles. The number of pyridine rings is 1. The molecular weight excluding hydrogens is 336 g/mol. The Hall–Kier alpha value is -2.86. The van der Waals surface area contributed by atoms with Gasteiger partial charge in [0.1, 0.15) is 11.5 Å². The van der Waals surface area contributed by atoms with Gasteiger partial charge in [-0.05, 0) is 35.7 Å². The van der Waals surface area contributed by atoms with Gasteiger partial charge in [0.15, 0.2) is 0 Å². The monoisotopic (exact) mass is 354 g/mol. The van der Waals surface area contributed by atoms with Crippen LogP contribution >= 0.6 is 11.3 Å². The molecule has 0 aliphatic heterocycles. The summed E-state index contributed by atoms with van der Waals surface area (Å²) in [5.74, 6) is 1.20. The van der Waals surface area contributed by atoms with Crippen molar-refractivity contribution in [2.75, 3.05) is 14.2 Å². The molecule has 1 amide bonds. The van der Waals surface area contributed by atoms with Crippen molar-refractivity contribution in [3.63, 3.8) is 0 Å². The predicted octanol–water partition coefficient (Wildman–Crippen LogP) is 3.76. The van der Waals surface area contributed by atoms with Crippen LogP contribution in [0.3, 0.4) is 0 Å². The number of ether oxygens (including phenoxy) is 2. The first kappa shape index (κ1) is 17.0. The second-order valence-corrected chi connectivity index (χ2v) is 6.08. The van der Waals surface area contributed by atoms with Crippen LogP contribution in [-0.2, 0) is 6.54 Å². The summed E-state index contributed by atoms with van der Waals surface area (Å²) < 4.78 is 10.5. The number of thiophene rings is 1. The highest BCUT2D eigenvalue weighted by atomic mass is 32.1. The first-order chi connectivity index (χ1) is 12.2. The Balaban J connectivity index is 1.66. The third kappa shape index (κ3) is 3.97. The summed E-state index contributed by atoms with van der Waals surface area (Å²) >= 11 is 1.62. The lowest BCUT2D eigenvalue weighted by molar-refractivity contribution is 0.0950. The van der Waals surface area contributed by atoms with Crippen LogP contribution in [0.1, 0.15) is 15.9 Å². The molecule has 25 heavy (non-hydrogen) atoms. The van der Waals surface area contributed by atoms with Gasteiger partial charge in [0.25, 0.3) is 5.91 Å². The van der Waals surface area contributed by atoms with E-state index in [2.05, 4.69) is 10.3 Å². The molecule has 5 nitrogen and oxygen atoms in total. The normalized spacial score (nSPS) is 10.3. The predicted molar refractivity (Wildman–Crippen MR) is 98.3 cm³/mol. The molecule has 0 bridgehead atoms. The minimum atomic E-state index is -0.178. The van der Waals surface area contributed by atoms with Gasteiger partial charge in [-0.1, -0.05) is 0 Å². The van der Waals surface area contributed by atoms with Crippen LogP contribution in [0.25, 0.3) is 11.3 Å². The summed E-state index contributed by atoms with van der Waals surface area (Å²) in [4.78, 5) is 16.7. The van der Waals surface area contributed by atoms with Crippen LogP contribution in [0.4, 0.5) is 0 Å². The first-order valence-electron chi connectivity index (χ1n) is 7.69. The fourth-order valence-electron chi connectivity index (χ4n) is 2.38. The van der Waals surface area contributed by atoms with E-state index in [9.17, 15) is 4.79 Å². The zero-order chi connectivity index (χ0) is 17.6. The number of rotatable bonds is 6. The van der Waals surface area contributed by atoms with Gasteiger partial charge in [0.2, 0.25) is 0 Å². The molecule has 6 heteroatoms. The van der Waals surface area contributed by atoms with Crippen molar-refractivity contribution in [1.82, 2.24) is 10.3 Å². The van der Waals surface area contributed by atoms with E-state index >= 15 is 0 Å². The number of carbonyl (C=O) groups excluding carboxylic acids is 1. The molecule has 0 unspecified atom stereocenters. The minimum Gasteiger partial charge on any atom is -0.497 e. The second kappa shape index (κ2) is 7.81. The van der Waals surface area contributed by atoms with E-state index in [0.717, 1.165) is 16.8 Å². The van der Waals surface area contributed by atoms with Gasteiger partial charge in [-0.15, -0.1) is 0 Å². The highest BCUT2D eigenvalue weighted by Gasteiger charge is 2.10. The summed E-state index contributed by atoms with van der Waals surface area (Å²) in [6.45, 7) is 0.359. The topological polar surface area (TPSA) is 60.5 Å². The van der Waals surface area contributed by atoms with Gasteiger partial charge >= 0.3 is 0 Å². The number of hydrogen-bond acceptors (Lipinski definition) is 5. The molecule has 0 atom stereocenters. The van der Waals surface area contributed by atoms with E-state index in [1.807, 2.05) is 35.0 Å². The standard InChI is InChI=1S/C19H18N2O3S/c1-23-16-5-3-13(18(9-16)24-2)10-21-19(22)14-4-6-17(20-11-14)15-7-8-25-12-15/h3-9,11-12H,10H2,1-2H3,(H,21,22). The number of aromatic nitrogens is 1. The van der Waals surface area contributed by atoms with Crippen molar-refractivity contribution in [1.29, 1.82) is 0 Å². The third-order valence-corrected chi connectivity index (χ3v) is 4.46. The molecule has 0 saturated carbocycles. The average molecular weight is 354 g/mol. The van der Waals surface area contributed by atoms with Crippen LogP contribution < -0.4 is 14.8 Å². The van der Waals surface area contributed by atoms with E-state index < -0.39 is 0 Å². The Morgan fingerprint density at radius 1 is 1.16 bits per heavy atom. The first-order valence-corrected chi connectivity index (χ1v) is 8.63. The van der Waals surface area contributed by atoms with Gasteiger partial charge in [0, 0.05) is 35.3 Å². The van der Waals surface area contributed by atoms with E-state index in [0.29, 0.717) is 23.6 Å². The molecule has 0 aliphatic rings. The smallest absolute Gasteiger partial charge is 0.253 e. The molecule has 3 rings (SSSR count). The van der Waals surface area contributed by atoms with Crippen molar-refractivity contribution in [3.8, 4) is 22.8 Å². The summed E-state index contributed by atoms with van der Waals surface area (Å²) in [5.41, 5.74) is 3.31. The summed E-state index contributed by atoms with van der Waals surface area (Å²) in [7, 11) is 3.19. The van der Waals surface area contributed by atoms with Gasteiger partial charge in [-0.2, -0.15) is 11.3 Å². The molecule has 128 valence electrons. The summed E-state index contributed by atoms with van der Waals surface area (Å²) in [5, 5.41) is 6.91. The summed E-state index contributed by atoms with van der Waals surface area (Å²) in [6.07, 6.45) is 1.59. The fourth-order valence-corrected chi connectivity index (χ4v) is 3.03. The van der Waals surface area contributed by atoms with E-state index in [-0.39, 0.29) is 5.91 Å². The van der Waals surface area contributed by atoms with Crippen LogP contribution in [0.5, 0.6) is 11.5 Å². The largest absolute Gasteiger partial charge is 0.497 e. The molecule has 3 aromatic rings. The molecule has 2 aromatic heterocycles. The highest BCUT2D eigenvalue weighted by Crippen LogP contribution is 2.24. The van der Waals surface area contributed by atoms with Crippen molar-refractivity contribution in [2.24, 2.45) is 0 Å². The number of carbonyl (C=O) groups is 1. The SMILES string of the molecule is COc1ccc(CNC(=O)c2ccc(-c3ccsc3)nc2)c(OC)c1. The minimum absolute atomic E-state index is 0.178. The second-order valence-electron chi connectivity index (χ2n) is 5.30. The summed E-state index contributed by atoms with van der Waals surface area (Å²) in [6, 6.07) is 11.1. The number of benzene rings is 1. The highest BCUT2D eigenvalue weighted by molar-refractivity contribution is 7.08. The lowest BCUT2D eigenvalue weighted by Crippen LogP contribution is -2.23. The molecule has 0 aliphatic carbocycles. The van der Waals surface area contributed by atoms with Gasteiger partial charge < -0.3 is 14.8 Å². The Labute approximate surface area is 150 Å². The molecule has 0 spiro atoms. The Bertz CT molecular complexity index is 846. The van der Waals surface area contributed by atoms with Gasteiger partial charge in [0.05, 0.1) is 25.5 Å². The maximum Gasteiger partial charge on any atom is 0.253 e. The van der Waals surface area contributed by atoms with Crippen molar-refractivity contribution < 1.29 is 14.3 Å². The molecule has 1 aromatic carbocycles. The molecule has 1 N–H and O–H groups in total. The van der Waals surface area contributed by atoms with Crippen molar-refractivity contribution in [3.05, 3.63) is 64.5 Å². The Kier molecular flexibility index (Phi) is 5.30. The van der Waals surface area contributed by atoms with Crippen LogP contribution in [0.2, 0.25) is 0 Å². The third-order valence-electron chi connectivity index (χ3n) is 3.78. The molecule has 0 fully saturated rings. The number of nitrogens with one attached hydrogen (secondary N) is 1. The Morgan fingerprint density at radius 2 is 2.04 bits per heavy atom. The van der Waals surface area contributed by atoms with E-state index in [1.54, 1.807) is 43.9 Å². The quantitative estimate of drug-likeness (QED) is 0.732. The van der Waals surface area contributed by atoms with Gasteiger partial charge in [-0.25, -0.2) is 0 Å². The zero-order valence-electron chi connectivity index (χ0n) is 14.0. The Morgan fingerprint density at radius 3 is 2.68 bits per heavy atom.